The number of ether oxygens (including phenoxy) is 1. The van der Waals surface area contributed by atoms with E-state index in [9.17, 15) is 14.5 Å². The number of nitro groups is 1. The smallest absolute Gasteiger partial charge is 0.275 e. The van der Waals surface area contributed by atoms with Crippen molar-refractivity contribution in [1.29, 1.82) is 0 Å². The Morgan fingerprint density at radius 3 is 2.62 bits per heavy atom. The average molecular weight is 313 g/mol. The molecule has 0 amide bonds. The van der Waals surface area contributed by atoms with Gasteiger partial charge in [-0.2, -0.15) is 12.6 Å². The van der Waals surface area contributed by atoms with Crippen LogP contribution in [0.4, 0.5) is 10.1 Å². The molecule has 0 saturated heterocycles. The zero-order chi connectivity index (χ0) is 15.5. The fourth-order valence-corrected chi connectivity index (χ4v) is 3.24. The molecule has 1 aliphatic carbocycles. The molecule has 0 atom stereocenters. The van der Waals surface area contributed by atoms with Crippen molar-refractivity contribution in [2.24, 2.45) is 5.41 Å². The minimum Gasteiger partial charge on any atom is -0.490 e. The van der Waals surface area contributed by atoms with E-state index in [0.717, 1.165) is 31.7 Å². The van der Waals surface area contributed by atoms with Gasteiger partial charge in [-0.15, -0.1) is 0 Å². The lowest BCUT2D eigenvalue weighted by Crippen LogP contribution is -2.33. The zero-order valence-electron chi connectivity index (χ0n) is 12.1. The van der Waals surface area contributed by atoms with Crippen LogP contribution in [0.1, 0.15) is 37.7 Å². The molecule has 1 fully saturated rings. The van der Waals surface area contributed by atoms with Gasteiger partial charge < -0.3 is 4.74 Å². The van der Waals surface area contributed by atoms with Crippen molar-refractivity contribution >= 4 is 18.3 Å². The Morgan fingerprint density at radius 1 is 1.38 bits per heavy atom. The Balaban J connectivity index is 2.12. The molecule has 1 aromatic carbocycles. The van der Waals surface area contributed by atoms with Crippen LogP contribution in [-0.2, 0) is 0 Å². The van der Waals surface area contributed by atoms with Crippen LogP contribution in [0.15, 0.2) is 12.1 Å². The SMILES string of the molecule is Cc1cc(OCC2(CS)CCCCC2)c(F)cc1[N+](=O)[O-]. The third kappa shape index (κ3) is 3.67. The van der Waals surface area contributed by atoms with Gasteiger partial charge in [-0.3, -0.25) is 10.1 Å². The standard InChI is InChI=1S/C15H20FNO3S/c1-11-7-14(12(16)8-13(11)17(18)19)20-9-15(10-21)5-3-2-4-6-15/h7-8,21H,2-6,9-10H2,1H3. The van der Waals surface area contributed by atoms with E-state index in [1.807, 2.05) is 0 Å². The number of thiol groups is 1. The Morgan fingerprint density at radius 2 is 2.05 bits per heavy atom. The van der Waals surface area contributed by atoms with Gasteiger partial charge in [0.1, 0.15) is 0 Å². The van der Waals surface area contributed by atoms with Crippen LogP contribution in [-0.4, -0.2) is 17.3 Å². The van der Waals surface area contributed by atoms with E-state index in [4.69, 9.17) is 4.74 Å². The normalized spacial score (nSPS) is 17.5. The Kier molecular flexibility index (Phi) is 5.08. The fraction of sp³-hybridized carbons (Fsp3) is 0.600. The first-order chi connectivity index (χ1) is 9.97. The van der Waals surface area contributed by atoms with Gasteiger partial charge >= 0.3 is 0 Å². The number of hydrogen-bond donors (Lipinski definition) is 1. The molecular weight excluding hydrogens is 293 g/mol. The second-order valence-corrected chi connectivity index (χ2v) is 6.15. The Labute approximate surface area is 129 Å². The van der Waals surface area contributed by atoms with Gasteiger partial charge in [0.05, 0.1) is 17.6 Å². The largest absolute Gasteiger partial charge is 0.490 e. The van der Waals surface area contributed by atoms with Crippen molar-refractivity contribution < 1.29 is 14.1 Å². The summed E-state index contributed by atoms with van der Waals surface area (Å²) in [6, 6.07) is 2.33. The second kappa shape index (κ2) is 6.64. The molecule has 116 valence electrons. The summed E-state index contributed by atoms with van der Waals surface area (Å²) in [4.78, 5) is 10.2. The van der Waals surface area contributed by atoms with Gasteiger partial charge in [0.2, 0.25) is 0 Å². The molecule has 2 rings (SSSR count). The maximum atomic E-state index is 13.9. The summed E-state index contributed by atoms with van der Waals surface area (Å²) in [5, 5.41) is 10.8. The van der Waals surface area contributed by atoms with Crippen LogP contribution in [0.25, 0.3) is 0 Å². The van der Waals surface area contributed by atoms with Crippen molar-refractivity contribution in [2.75, 3.05) is 12.4 Å². The fourth-order valence-electron chi connectivity index (χ4n) is 2.83. The molecule has 1 aromatic rings. The first-order valence-corrected chi connectivity index (χ1v) is 7.79. The molecule has 21 heavy (non-hydrogen) atoms. The molecule has 0 aromatic heterocycles. The number of aryl methyl sites for hydroxylation is 1. The summed E-state index contributed by atoms with van der Waals surface area (Å²) >= 11 is 4.42. The lowest BCUT2D eigenvalue weighted by molar-refractivity contribution is -0.385. The highest BCUT2D eigenvalue weighted by Gasteiger charge is 2.32. The van der Waals surface area contributed by atoms with Crippen molar-refractivity contribution in [3.63, 3.8) is 0 Å². The third-order valence-corrected chi connectivity index (χ3v) is 4.90. The Hall–Kier alpha value is -1.30. The molecule has 0 N–H and O–H groups in total. The predicted octanol–water partition coefficient (Wildman–Crippen LogP) is 4.30. The van der Waals surface area contributed by atoms with E-state index in [1.165, 1.54) is 12.5 Å². The molecule has 0 unspecified atom stereocenters. The highest BCUT2D eigenvalue weighted by Crippen LogP contribution is 2.38. The number of halogens is 1. The van der Waals surface area contributed by atoms with E-state index >= 15 is 0 Å². The van der Waals surface area contributed by atoms with Gasteiger partial charge in [0.25, 0.3) is 5.69 Å². The van der Waals surface area contributed by atoms with Gasteiger partial charge in [-0.1, -0.05) is 19.3 Å². The number of rotatable bonds is 5. The number of nitrogens with zero attached hydrogens (tertiary/aromatic N) is 1. The molecule has 0 bridgehead atoms. The monoisotopic (exact) mass is 313 g/mol. The molecule has 0 spiro atoms. The molecule has 6 heteroatoms. The van der Waals surface area contributed by atoms with Gasteiger partial charge in [-0.25, -0.2) is 4.39 Å². The molecule has 0 heterocycles. The van der Waals surface area contributed by atoms with Crippen molar-refractivity contribution in [3.8, 4) is 5.75 Å². The molecule has 1 aliphatic rings. The van der Waals surface area contributed by atoms with E-state index < -0.39 is 10.7 Å². The summed E-state index contributed by atoms with van der Waals surface area (Å²) in [7, 11) is 0. The lowest BCUT2D eigenvalue weighted by Gasteiger charge is -2.35. The summed E-state index contributed by atoms with van der Waals surface area (Å²) in [6.07, 6.45) is 5.58. The highest BCUT2D eigenvalue weighted by atomic mass is 32.1. The molecular formula is C15H20FNO3S. The van der Waals surface area contributed by atoms with Crippen LogP contribution >= 0.6 is 12.6 Å². The first-order valence-electron chi connectivity index (χ1n) is 7.16. The predicted molar refractivity (Wildman–Crippen MR) is 82.7 cm³/mol. The minimum atomic E-state index is -0.683. The van der Waals surface area contributed by atoms with Crippen molar-refractivity contribution in [1.82, 2.24) is 0 Å². The quantitative estimate of drug-likeness (QED) is 0.501. The summed E-state index contributed by atoms with van der Waals surface area (Å²) in [5.74, 6) is 0.114. The van der Waals surface area contributed by atoms with E-state index in [0.29, 0.717) is 17.9 Å². The maximum absolute atomic E-state index is 13.9. The van der Waals surface area contributed by atoms with E-state index in [1.54, 1.807) is 6.92 Å². The van der Waals surface area contributed by atoms with E-state index in [2.05, 4.69) is 12.6 Å². The molecule has 1 saturated carbocycles. The minimum absolute atomic E-state index is 0.0104. The number of benzene rings is 1. The summed E-state index contributed by atoms with van der Waals surface area (Å²) in [5.41, 5.74) is 0.171. The molecule has 0 aliphatic heterocycles. The van der Waals surface area contributed by atoms with Crippen molar-refractivity contribution in [2.45, 2.75) is 39.0 Å². The lowest BCUT2D eigenvalue weighted by atomic mass is 9.76. The van der Waals surface area contributed by atoms with Crippen LogP contribution in [0, 0.1) is 28.3 Å². The summed E-state index contributed by atoms with van der Waals surface area (Å²) in [6.45, 7) is 1.99. The van der Waals surface area contributed by atoms with Crippen LogP contribution in [0.5, 0.6) is 5.75 Å². The van der Waals surface area contributed by atoms with Gasteiger partial charge in [0.15, 0.2) is 11.6 Å². The maximum Gasteiger partial charge on any atom is 0.275 e. The van der Waals surface area contributed by atoms with Crippen LogP contribution < -0.4 is 4.74 Å². The molecule has 0 radical (unpaired) electrons. The average Bonchev–Trinajstić information content (AvgIpc) is 2.48. The van der Waals surface area contributed by atoms with E-state index in [-0.39, 0.29) is 16.9 Å². The highest BCUT2D eigenvalue weighted by molar-refractivity contribution is 7.80. The molecule has 4 nitrogen and oxygen atoms in total. The third-order valence-electron chi connectivity index (χ3n) is 4.23. The van der Waals surface area contributed by atoms with Gasteiger partial charge in [0, 0.05) is 11.0 Å². The van der Waals surface area contributed by atoms with Crippen molar-refractivity contribution in [3.05, 3.63) is 33.6 Å². The number of hydrogen-bond acceptors (Lipinski definition) is 4. The summed E-state index contributed by atoms with van der Waals surface area (Å²) < 4.78 is 19.6. The topological polar surface area (TPSA) is 52.4 Å². The first kappa shape index (κ1) is 16.1. The zero-order valence-corrected chi connectivity index (χ0v) is 13.0. The van der Waals surface area contributed by atoms with Crippen LogP contribution in [0.2, 0.25) is 0 Å². The Bertz CT molecular complexity index is 530. The van der Waals surface area contributed by atoms with Crippen LogP contribution in [0.3, 0.4) is 0 Å². The number of nitro benzene ring substituents is 1. The second-order valence-electron chi connectivity index (χ2n) is 5.83. The van der Waals surface area contributed by atoms with Gasteiger partial charge in [-0.05, 0) is 31.6 Å².